The first kappa shape index (κ1) is 11.9. The number of anilines is 1. The molecule has 0 bridgehead atoms. The van der Waals surface area contributed by atoms with Crippen LogP contribution in [0.1, 0.15) is 19.3 Å². The van der Waals surface area contributed by atoms with Crippen LogP contribution >= 0.6 is 0 Å². The fourth-order valence-electron chi connectivity index (χ4n) is 2.16. The Balaban J connectivity index is 2.09. The van der Waals surface area contributed by atoms with E-state index < -0.39 is 0 Å². The number of hydrogen-bond acceptors (Lipinski definition) is 5. The summed E-state index contributed by atoms with van der Waals surface area (Å²) in [6, 6.07) is 0.281. The number of H-pyrrole nitrogens is 1. The van der Waals surface area contributed by atoms with Crippen LogP contribution in [-0.4, -0.2) is 36.3 Å². The fourth-order valence-corrected chi connectivity index (χ4v) is 2.16. The summed E-state index contributed by atoms with van der Waals surface area (Å²) in [5.41, 5.74) is -0.272. The van der Waals surface area contributed by atoms with Gasteiger partial charge in [0, 0.05) is 13.2 Å². The third-order valence-electron chi connectivity index (χ3n) is 3.07. The van der Waals surface area contributed by atoms with E-state index in [1.807, 2.05) is 0 Å². The Morgan fingerprint density at radius 1 is 1.47 bits per heavy atom. The van der Waals surface area contributed by atoms with Crippen molar-refractivity contribution < 1.29 is 9.47 Å². The normalized spacial score (nSPS) is 23.6. The van der Waals surface area contributed by atoms with Crippen molar-refractivity contribution in [1.29, 1.82) is 0 Å². The first-order chi connectivity index (χ1) is 8.24. The Morgan fingerprint density at radius 3 is 2.94 bits per heavy atom. The molecule has 0 amide bonds. The van der Waals surface area contributed by atoms with Gasteiger partial charge in [-0.1, -0.05) is 0 Å². The number of rotatable bonds is 4. The van der Waals surface area contributed by atoms with E-state index in [9.17, 15) is 4.79 Å². The maximum atomic E-state index is 11.5. The number of aromatic nitrogens is 2. The third kappa shape index (κ3) is 2.58. The quantitative estimate of drug-likeness (QED) is 0.811. The van der Waals surface area contributed by atoms with Gasteiger partial charge in [0.15, 0.2) is 5.82 Å². The Labute approximate surface area is 99.4 Å². The molecule has 1 aliphatic carbocycles. The maximum absolute atomic E-state index is 11.5. The molecule has 2 unspecified atom stereocenters. The van der Waals surface area contributed by atoms with Crippen molar-refractivity contribution in [3.8, 4) is 5.75 Å². The highest BCUT2D eigenvalue weighted by Crippen LogP contribution is 2.26. The number of nitrogens with one attached hydrogen (secondary N) is 2. The van der Waals surface area contributed by atoms with Gasteiger partial charge in [-0.25, -0.2) is 4.98 Å². The van der Waals surface area contributed by atoms with E-state index in [2.05, 4.69) is 15.3 Å². The lowest BCUT2D eigenvalue weighted by atomic mass is 10.2. The van der Waals surface area contributed by atoms with E-state index in [0.29, 0.717) is 11.9 Å². The lowest BCUT2D eigenvalue weighted by Gasteiger charge is -2.14. The van der Waals surface area contributed by atoms with Gasteiger partial charge in [0.05, 0.1) is 19.5 Å². The summed E-state index contributed by atoms with van der Waals surface area (Å²) in [6.45, 7) is 0. The zero-order valence-corrected chi connectivity index (χ0v) is 10.0. The number of aromatic amines is 1. The van der Waals surface area contributed by atoms with Gasteiger partial charge in [-0.2, -0.15) is 0 Å². The second-order valence-corrected chi connectivity index (χ2v) is 4.13. The van der Waals surface area contributed by atoms with E-state index >= 15 is 0 Å². The highest BCUT2D eigenvalue weighted by Gasteiger charge is 2.25. The van der Waals surface area contributed by atoms with Crippen molar-refractivity contribution in [1.82, 2.24) is 9.97 Å². The minimum absolute atomic E-state index is 0.230. The second-order valence-electron chi connectivity index (χ2n) is 4.13. The lowest BCUT2D eigenvalue weighted by Crippen LogP contribution is -2.21. The van der Waals surface area contributed by atoms with Gasteiger partial charge in [-0.3, -0.25) is 4.79 Å². The summed E-state index contributed by atoms with van der Waals surface area (Å²) in [5, 5.41) is 3.23. The molecule has 6 nitrogen and oxygen atoms in total. The first-order valence-corrected chi connectivity index (χ1v) is 5.65. The number of hydrogen-bond donors (Lipinski definition) is 2. The van der Waals surface area contributed by atoms with Gasteiger partial charge in [0.2, 0.25) is 5.75 Å². The summed E-state index contributed by atoms with van der Waals surface area (Å²) in [4.78, 5) is 18.1. The van der Waals surface area contributed by atoms with Crippen molar-refractivity contribution in [3.05, 3.63) is 16.7 Å². The fraction of sp³-hybridized carbons (Fsp3) is 0.636. The summed E-state index contributed by atoms with van der Waals surface area (Å²) < 4.78 is 10.3. The summed E-state index contributed by atoms with van der Waals surface area (Å²) in [6.07, 6.45) is 4.63. The molecule has 0 aromatic carbocycles. The van der Waals surface area contributed by atoms with Gasteiger partial charge < -0.3 is 19.8 Å². The molecule has 1 aromatic rings. The van der Waals surface area contributed by atoms with E-state index in [4.69, 9.17) is 9.47 Å². The Hall–Kier alpha value is -1.56. The molecule has 0 radical (unpaired) electrons. The topological polar surface area (TPSA) is 76.2 Å². The average molecular weight is 239 g/mol. The standard InChI is InChI=1S/C11H17N3O3/c1-16-8-4-3-7(5-8)14-10-9(17-2)11(15)13-6-12-10/h6-8H,3-5H2,1-2H3,(H2,12,13,14,15). The largest absolute Gasteiger partial charge is 0.489 e. The molecule has 1 saturated carbocycles. The van der Waals surface area contributed by atoms with Crippen LogP contribution in [0, 0.1) is 0 Å². The predicted molar refractivity (Wildman–Crippen MR) is 63.5 cm³/mol. The van der Waals surface area contributed by atoms with Gasteiger partial charge in [0.1, 0.15) is 0 Å². The zero-order valence-electron chi connectivity index (χ0n) is 10.0. The highest BCUT2D eigenvalue weighted by atomic mass is 16.5. The maximum Gasteiger partial charge on any atom is 0.295 e. The first-order valence-electron chi connectivity index (χ1n) is 5.65. The van der Waals surface area contributed by atoms with Crippen molar-refractivity contribution in [2.45, 2.75) is 31.4 Å². The predicted octanol–water partition coefficient (Wildman–Crippen LogP) is 0.758. The van der Waals surface area contributed by atoms with Gasteiger partial charge in [0.25, 0.3) is 5.56 Å². The molecule has 0 aliphatic heterocycles. The smallest absolute Gasteiger partial charge is 0.295 e. The van der Waals surface area contributed by atoms with Crippen LogP contribution in [0.5, 0.6) is 5.75 Å². The monoisotopic (exact) mass is 239 g/mol. The summed E-state index contributed by atoms with van der Waals surface area (Å²) in [5.74, 6) is 0.728. The molecule has 1 aliphatic rings. The van der Waals surface area contributed by atoms with Crippen LogP contribution in [0.25, 0.3) is 0 Å². The molecule has 1 heterocycles. The van der Waals surface area contributed by atoms with E-state index in [-0.39, 0.29) is 17.4 Å². The highest BCUT2D eigenvalue weighted by molar-refractivity contribution is 5.48. The SMILES string of the molecule is COc1c(NC2CCC(OC)C2)nc[nH]c1=O. The molecule has 1 fully saturated rings. The number of ether oxygens (including phenoxy) is 2. The summed E-state index contributed by atoms with van der Waals surface area (Å²) in [7, 11) is 3.18. The molecular formula is C11H17N3O3. The summed E-state index contributed by atoms with van der Waals surface area (Å²) >= 11 is 0. The third-order valence-corrected chi connectivity index (χ3v) is 3.07. The lowest BCUT2D eigenvalue weighted by molar-refractivity contribution is 0.108. The van der Waals surface area contributed by atoms with Crippen molar-refractivity contribution in [3.63, 3.8) is 0 Å². The molecule has 6 heteroatoms. The van der Waals surface area contributed by atoms with Crippen LogP contribution in [0.15, 0.2) is 11.1 Å². The molecule has 0 spiro atoms. The Kier molecular flexibility index (Phi) is 3.63. The van der Waals surface area contributed by atoms with Gasteiger partial charge in [-0.15, -0.1) is 0 Å². The molecule has 2 rings (SSSR count). The van der Waals surface area contributed by atoms with Crippen molar-refractivity contribution in [2.24, 2.45) is 0 Å². The van der Waals surface area contributed by atoms with Gasteiger partial charge >= 0.3 is 0 Å². The van der Waals surface area contributed by atoms with E-state index in [0.717, 1.165) is 19.3 Å². The Morgan fingerprint density at radius 2 is 2.29 bits per heavy atom. The molecular weight excluding hydrogens is 222 g/mol. The minimum atomic E-state index is -0.272. The molecule has 1 aromatic heterocycles. The average Bonchev–Trinajstić information content (AvgIpc) is 2.77. The molecule has 2 atom stereocenters. The van der Waals surface area contributed by atoms with Crippen LogP contribution in [0.3, 0.4) is 0 Å². The second kappa shape index (κ2) is 5.18. The number of nitrogens with zero attached hydrogens (tertiary/aromatic N) is 1. The molecule has 0 saturated heterocycles. The van der Waals surface area contributed by atoms with E-state index in [1.165, 1.54) is 13.4 Å². The van der Waals surface area contributed by atoms with Gasteiger partial charge in [-0.05, 0) is 19.3 Å². The van der Waals surface area contributed by atoms with Crippen LogP contribution < -0.4 is 15.6 Å². The molecule has 94 valence electrons. The Bertz CT molecular complexity index is 432. The van der Waals surface area contributed by atoms with Crippen LogP contribution in [-0.2, 0) is 4.74 Å². The van der Waals surface area contributed by atoms with Crippen molar-refractivity contribution in [2.75, 3.05) is 19.5 Å². The van der Waals surface area contributed by atoms with Crippen molar-refractivity contribution >= 4 is 5.82 Å². The van der Waals surface area contributed by atoms with Crippen LogP contribution in [0.2, 0.25) is 0 Å². The minimum Gasteiger partial charge on any atom is -0.489 e. The van der Waals surface area contributed by atoms with Crippen LogP contribution in [0.4, 0.5) is 5.82 Å². The molecule has 17 heavy (non-hydrogen) atoms. The zero-order chi connectivity index (χ0) is 12.3. The van der Waals surface area contributed by atoms with E-state index in [1.54, 1.807) is 7.11 Å². The molecule has 2 N–H and O–H groups in total. The number of methoxy groups -OCH3 is 2.